The van der Waals surface area contributed by atoms with E-state index in [1.165, 1.54) is 25.1 Å². The van der Waals surface area contributed by atoms with Crippen molar-refractivity contribution in [1.29, 1.82) is 0 Å². The summed E-state index contributed by atoms with van der Waals surface area (Å²) in [6.45, 7) is 7.97. The van der Waals surface area contributed by atoms with E-state index in [4.69, 9.17) is 9.47 Å². The van der Waals surface area contributed by atoms with Crippen LogP contribution < -0.4 is 14.8 Å². The number of nitrogens with zero attached hydrogens (tertiary/aromatic N) is 1. The number of methoxy groups -OCH3 is 2. The zero-order valence-electron chi connectivity index (χ0n) is 13.5. The van der Waals surface area contributed by atoms with Crippen LogP contribution in [0.2, 0.25) is 0 Å². The van der Waals surface area contributed by atoms with Crippen LogP contribution in [0.1, 0.15) is 18.9 Å². The van der Waals surface area contributed by atoms with Crippen LogP contribution in [0.25, 0.3) is 0 Å². The SMILES string of the molecule is CCNCC1CCN(CCc2ccc(OC)c(OC)c2)C1. The summed E-state index contributed by atoms with van der Waals surface area (Å²) >= 11 is 0. The maximum Gasteiger partial charge on any atom is 0.160 e. The Labute approximate surface area is 128 Å². The summed E-state index contributed by atoms with van der Waals surface area (Å²) in [4.78, 5) is 2.57. The Balaban J connectivity index is 1.81. The molecule has 1 heterocycles. The molecule has 0 spiro atoms. The molecule has 1 aromatic rings. The molecule has 1 saturated heterocycles. The highest BCUT2D eigenvalue weighted by Gasteiger charge is 2.21. The molecule has 1 aliphatic heterocycles. The zero-order chi connectivity index (χ0) is 15.1. The van der Waals surface area contributed by atoms with Gasteiger partial charge in [-0.1, -0.05) is 13.0 Å². The molecule has 4 nitrogen and oxygen atoms in total. The van der Waals surface area contributed by atoms with Gasteiger partial charge >= 0.3 is 0 Å². The second kappa shape index (κ2) is 8.25. The molecule has 1 aromatic carbocycles. The number of ether oxygens (including phenoxy) is 2. The fourth-order valence-corrected chi connectivity index (χ4v) is 2.95. The van der Waals surface area contributed by atoms with Gasteiger partial charge in [-0.3, -0.25) is 0 Å². The molecule has 0 aromatic heterocycles. The Morgan fingerprint density at radius 1 is 1.24 bits per heavy atom. The van der Waals surface area contributed by atoms with Crippen molar-refractivity contribution >= 4 is 0 Å². The van der Waals surface area contributed by atoms with E-state index < -0.39 is 0 Å². The summed E-state index contributed by atoms with van der Waals surface area (Å²) in [7, 11) is 3.36. The molecule has 1 atom stereocenters. The van der Waals surface area contributed by atoms with E-state index in [1.54, 1.807) is 14.2 Å². The number of hydrogen-bond acceptors (Lipinski definition) is 4. The highest BCUT2D eigenvalue weighted by atomic mass is 16.5. The van der Waals surface area contributed by atoms with Gasteiger partial charge in [0, 0.05) is 13.1 Å². The molecule has 1 fully saturated rings. The van der Waals surface area contributed by atoms with Gasteiger partial charge < -0.3 is 19.7 Å². The maximum absolute atomic E-state index is 5.36. The minimum absolute atomic E-state index is 0.799. The fourth-order valence-electron chi connectivity index (χ4n) is 2.95. The van der Waals surface area contributed by atoms with Gasteiger partial charge in [0.1, 0.15) is 0 Å². The van der Waals surface area contributed by atoms with Crippen LogP contribution in [0.5, 0.6) is 11.5 Å². The van der Waals surface area contributed by atoms with E-state index in [9.17, 15) is 0 Å². The molecule has 118 valence electrons. The van der Waals surface area contributed by atoms with Crippen LogP contribution in [0, 0.1) is 5.92 Å². The number of likely N-dealkylation sites (tertiary alicyclic amines) is 1. The molecular formula is C17H28N2O2. The van der Waals surface area contributed by atoms with Gasteiger partial charge in [0.25, 0.3) is 0 Å². The molecule has 1 N–H and O–H groups in total. The van der Waals surface area contributed by atoms with Crippen molar-refractivity contribution in [3.8, 4) is 11.5 Å². The normalized spacial score (nSPS) is 18.9. The molecule has 0 radical (unpaired) electrons. The molecule has 0 aliphatic carbocycles. The predicted octanol–water partition coefficient (Wildman–Crippen LogP) is 2.18. The van der Waals surface area contributed by atoms with Gasteiger partial charge in [-0.2, -0.15) is 0 Å². The van der Waals surface area contributed by atoms with E-state index >= 15 is 0 Å². The second-order valence-electron chi connectivity index (χ2n) is 5.70. The van der Waals surface area contributed by atoms with Crippen LogP contribution in [-0.4, -0.2) is 51.8 Å². The van der Waals surface area contributed by atoms with Crippen LogP contribution >= 0.6 is 0 Å². The van der Waals surface area contributed by atoms with Gasteiger partial charge in [-0.15, -0.1) is 0 Å². The summed E-state index contributed by atoms with van der Waals surface area (Å²) in [6.07, 6.45) is 2.38. The quantitative estimate of drug-likeness (QED) is 0.796. The minimum Gasteiger partial charge on any atom is -0.493 e. The third kappa shape index (κ3) is 4.61. The summed E-state index contributed by atoms with van der Waals surface area (Å²) in [5, 5.41) is 3.46. The van der Waals surface area contributed by atoms with E-state index in [0.29, 0.717) is 0 Å². The lowest BCUT2D eigenvalue weighted by Crippen LogP contribution is -2.27. The Morgan fingerprint density at radius 2 is 2.05 bits per heavy atom. The van der Waals surface area contributed by atoms with E-state index in [0.717, 1.165) is 43.5 Å². The predicted molar refractivity (Wildman–Crippen MR) is 86.3 cm³/mol. The lowest BCUT2D eigenvalue weighted by Gasteiger charge is -2.17. The van der Waals surface area contributed by atoms with E-state index in [1.807, 2.05) is 6.07 Å². The lowest BCUT2D eigenvalue weighted by atomic mass is 10.1. The fraction of sp³-hybridized carbons (Fsp3) is 0.647. The van der Waals surface area contributed by atoms with Gasteiger partial charge in [0.15, 0.2) is 11.5 Å². The third-order valence-electron chi connectivity index (χ3n) is 4.22. The van der Waals surface area contributed by atoms with Gasteiger partial charge in [-0.25, -0.2) is 0 Å². The first-order chi connectivity index (χ1) is 10.3. The van der Waals surface area contributed by atoms with Crippen molar-refractivity contribution in [3.63, 3.8) is 0 Å². The minimum atomic E-state index is 0.799. The molecular weight excluding hydrogens is 264 g/mol. The van der Waals surface area contributed by atoms with Gasteiger partial charge in [0.2, 0.25) is 0 Å². The third-order valence-corrected chi connectivity index (χ3v) is 4.22. The van der Waals surface area contributed by atoms with Crippen molar-refractivity contribution in [3.05, 3.63) is 23.8 Å². The molecule has 2 rings (SSSR count). The lowest BCUT2D eigenvalue weighted by molar-refractivity contribution is 0.325. The second-order valence-corrected chi connectivity index (χ2v) is 5.70. The molecule has 21 heavy (non-hydrogen) atoms. The van der Waals surface area contributed by atoms with Crippen LogP contribution in [0.15, 0.2) is 18.2 Å². The number of nitrogens with one attached hydrogen (secondary N) is 1. The van der Waals surface area contributed by atoms with Crippen molar-refractivity contribution < 1.29 is 9.47 Å². The number of rotatable bonds is 8. The number of benzene rings is 1. The maximum atomic E-state index is 5.36. The average Bonchev–Trinajstić information content (AvgIpc) is 2.98. The van der Waals surface area contributed by atoms with Crippen molar-refractivity contribution in [2.45, 2.75) is 19.8 Å². The van der Waals surface area contributed by atoms with Crippen molar-refractivity contribution in [1.82, 2.24) is 10.2 Å². The largest absolute Gasteiger partial charge is 0.493 e. The smallest absolute Gasteiger partial charge is 0.160 e. The first kappa shape index (κ1) is 16.1. The first-order valence-corrected chi connectivity index (χ1v) is 7.90. The summed E-state index contributed by atoms with van der Waals surface area (Å²) in [5.41, 5.74) is 1.31. The monoisotopic (exact) mass is 292 g/mol. The Bertz CT molecular complexity index is 437. The average molecular weight is 292 g/mol. The zero-order valence-corrected chi connectivity index (χ0v) is 13.5. The van der Waals surface area contributed by atoms with Gasteiger partial charge in [0.05, 0.1) is 14.2 Å². The highest BCUT2D eigenvalue weighted by Crippen LogP contribution is 2.28. The molecule has 1 unspecified atom stereocenters. The van der Waals surface area contributed by atoms with Gasteiger partial charge in [-0.05, 0) is 56.1 Å². The summed E-state index contributed by atoms with van der Waals surface area (Å²) < 4.78 is 10.6. The standard InChI is InChI=1S/C17H28N2O2/c1-4-18-12-15-8-10-19(13-15)9-7-14-5-6-16(20-2)17(11-14)21-3/h5-6,11,15,18H,4,7-10,12-13H2,1-3H3. The van der Waals surface area contributed by atoms with Crippen molar-refractivity contribution in [2.75, 3.05) is 46.9 Å². The summed E-state index contributed by atoms with van der Waals surface area (Å²) in [6, 6.07) is 6.21. The topological polar surface area (TPSA) is 33.7 Å². The van der Waals surface area contributed by atoms with Crippen LogP contribution in [0.3, 0.4) is 0 Å². The van der Waals surface area contributed by atoms with Crippen LogP contribution in [0.4, 0.5) is 0 Å². The molecule has 0 saturated carbocycles. The van der Waals surface area contributed by atoms with E-state index in [-0.39, 0.29) is 0 Å². The Morgan fingerprint density at radius 3 is 2.76 bits per heavy atom. The molecule has 4 heteroatoms. The molecule has 0 amide bonds. The Hall–Kier alpha value is -1.26. The molecule has 0 bridgehead atoms. The number of hydrogen-bond donors (Lipinski definition) is 1. The summed E-state index contributed by atoms with van der Waals surface area (Å²) in [5.74, 6) is 2.44. The van der Waals surface area contributed by atoms with E-state index in [2.05, 4.69) is 29.3 Å². The molecule has 1 aliphatic rings. The highest BCUT2D eigenvalue weighted by molar-refractivity contribution is 5.42. The Kier molecular flexibility index (Phi) is 6.33. The van der Waals surface area contributed by atoms with Crippen molar-refractivity contribution in [2.24, 2.45) is 5.92 Å². The first-order valence-electron chi connectivity index (χ1n) is 7.90. The van der Waals surface area contributed by atoms with Crippen LogP contribution in [-0.2, 0) is 6.42 Å².